The molecule has 2 fully saturated rings. The monoisotopic (exact) mass is 184 g/mol. The quantitative estimate of drug-likeness (QED) is 0.637. The van der Waals surface area contributed by atoms with Crippen LogP contribution in [0.2, 0.25) is 0 Å². The van der Waals surface area contributed by atoms with Crippen molar-refractivity contribution in [2.75, 3.05) is 19.7 Å². The maximum Gasteiger partial charge on any atom is 0.263 e. The van der Waals surface area contributed by atoms with Gasteiger partial charge in [-0.25, -0.2) is 5.06 Å². The summed E-state index contributed by atoms with van der Waals surface area (Å²) in [5, 5.41) is 4.72. The van der Waals surface area contributed by atoms with E-state index >= 15 is 0 Å². The number of rotatable bonds is 1. The van der Waals surface area contributed by atoms with Crippen molar-refractivity contribution in [3.05, 3.63) is 0 Å². The van der Waals surface area contributed by atoms with Crippen molar-refractivity contribution in [2.24, 2.45) is 0 Å². The smallest absolute Gasteiger partial charge is 0.263 e. The van der Waals surface area contributed by atoms with Gasteiger partial charge in [0.15, 0.2) is 0 Å². The number of nitrogens with zero attached hydrogens (tertiary/aromatic N) is 1. The molecule has 1 atom stereocenters. The maximum absolute atomic E-state index is 11.7. The molecule has 2 heterocycles. The fourth-order valence-electron chi connectivity index (χ4n) is 1.84. The molecule has 0 aromatic carbocycles. The minimum absolute atomic E-state index is 0.0121. The standard InChI is InChI=1S/C9H16N2O2/c12-9(8-4-3-5-10-8)11-6-1-2-7-13-11/h8,10H,1-7H2. The van der Waals surface area contributed by atoms with Crippen LogP contribution in [-0.2, 0) is 9.63 Å². The van der Waals surface area contributed by atoms with Crippen LogP contribution in [0.25, 0.3) is 0 Å². The summed E-state index contributed by atoms with van der Waals surface area (Å²) in [7, 11) is 0. The summed E-state index contributed by atoms with van der Waals surface area (Å²) in [6, 6.07) is 0.0121. The first-order chi connectivity index (χ1) is 6.38. The second-order valence-corrected chi connectivity index (χ2v) is 3.63. The Morgan fingerprint density at radius 1 is 1.38 bits per heavy atom. The Balaban J connectivity index is 1.87. The van der Waals surface area contributed by atoms with Crippen LogP contribution in [0.3, 0.4) is 0 Å². The van der Waals surface area contributed by atoms with Crippen LogP contribution < -0.4 is 5.32 Å². The number of amides is 1. The minimum atomic E-state index is 0.0121. The molecule has 0 bridgehead atoms. The van der Waals surface area contributed by atoms with E-state index in [1.165, 1.54) is 5.06 Å². The van der Waals surface area contributed by atoms with Gasteiger partial charge in [-0.3, -0.25) is 9.63 Å². The van der Waals surface area contributed by atoms with E-state index in [0.717, 1.165) is 38.8 Å². The summed E-state index contributed by atoms with van der Waals surface area (Å²) in [5.41, 5.74) is 0. The fraction of sp³-hybridized carbons (Fsp3) is 0.889. The van der Waals surface area contributed by atoms with Gasteiger partial charge in [0.2, 0.25) is 0 Å². The van der Waals surface area contributed by atoms with Crippen LogP contribution in [0.4, 0.5) is 0 Å². The first-order valence-electron chi connectivity index (χ1n) is 5.05. The van der Waals surface area contributed by atoms with E-state index in [0.29, 0.717) is 6.61 Å². The van der Waals surface area contributed by atoms with Crippen LogP contribution in [0.5, 0.6) is 0 Å². The van der Waals surface area contributed by atoms with Crippen LogP contribution >= 0.6 is 0 Å². The maximum atomic E-state index is 11.7. The van der Waals surface area contributed by atoms with Crippen molar-refractivity contribution in [1.29, 1.82) is 0 Å². The van der Waals surface area contributed by atoms with Gasteiger partial charge in [-0.15, -0.1) is 0 Å². The Morgan fingerprint density at radius 2 is 2.31 bits per heavy atom. The van der Waals surface area contributed by atoms with Crippen molar-refractivity contribution in [3.8, 4) is 0 Å². The summed E-state index contributed by atoms with van der Waals surface area (Å²) in [6.45, 7) is 2.42. The number of nitrogens with one attached hydrogen (secondary N) is 1. The third-order valence-electron chi connectivity index (χ3n) is 2.61. The van der Waals surface area contributed by atoms with Crippen LogP contribution in [0, 0.1) is 0 Å². The first-order valence-corrected chi connectivity index (χ1v) is 5.05. The Kier molecular flexibility index (Phi) is 2.80. The van der Waals surface area contributed by atoms with Crippen LogP contribution in [0.1, 0.15) is 25.7 Å². The van der Waals surface area contributed by atoms with Crippen molar-refractivity contribution >= 4 is 5.91 Å². The molecule has 1 unspecified atom stereocenters. The molecule has 0 aromatic rings. The van der Waals surface area contributed by atoms with Gasteiger partial charge in [0.25, 0.3) is 5.91 Å². The van der Waals surface area contributed by atoms with Crippen LogP contribution in [-0.4, -0.2) is 36.7 Å². The topological polar surface area (TPSA) is 41.6 Å². The Morgan fingerprint density at radius 3 is 2.92 bits per heavy atom. The molecule has 1 N–H and O–H groups in total. The molecular formula is C9H16N2O2. The van der Waals surface area contributed by atoms with Gasteiger partial charge in [-0.1, -0.05) is 0 Å². The summed E-state index contributed by atoms with van der Waals surface area (Å²) in [5.74, 6) is 0.122. The molecule has 0 saturated carbocycles. The van der Waals surface area contributed by atoms with Gasteiger partial charge in [-0.05, 0) is 32.2 Å². The van der Waals surface area contributed by atoms with Crippen LogP contribution in [0.15, 0.2) is 0 Å². The lowest BCUT2D eigenvalue weighted by atomic mass is 10.2. The summed E-state index contributed by atoms with van der Waals surface area (Å²) < 4.78 is 0. The van der Waals surface area contributed by atoms with E-state index in [4.69, 9.17) is 4.84 Å². The Hall–Kier alpha value is -0.610. The molecule has 0 spiro atoms. The zero-order valence-electron chi connectivity index (χ0n) is 7.79. The number of hydrogen-bond donors (Lipinski definition) is 1. The lowest BCUT2D eigenvalue weighted by Gasteiger charge is -2.28. The van der Waals surface area contributed by atoms with Gasteiger partial charge in [0.1, 0.15) is 0 Å². The Bertz CT molecular complexity index is 184. The number of hydroxylamine groups is 2. The molecule has 0 aromatic heterocycles. The highest BCUT2D eigenvalue weighted by Crippen LogP contribution is 2.12. The SMILES string of the molecule is O=C(C1CCCN1)N1CCCCO1. The van der Waals surface area contributed by atoms with Crippen molar-refractivity contribution in [2.45, 2.75) is 31.7 Å². The minimum Gasteiger partial charge on any atom is -0.306 e. The summed E-state index contributed by atoms with van der Waals surface area (Å²) >= 11 is 0. The zero-order chi connectivity index (χ0) is 9.10. The average Bonchev–Trinajstić information content (AvgIpc) is 2.71. The van der Waals surface area contributed by atoms with Gasteiger partial charge >= 0.3 is 0 Å². The lowest BCUT2D eigenvalue weighted by Crippen LogP contribution is -2.45. The highest BCUT2D eigenvalue weighted by atomic mass is 16.7. The number of carbonyl (C=O) groups is 1. The fourth-order valence-corrected chi connectivity index (χ4v) is 1.84. The van der Waals surface area contributed by atoms with E-state index in [1.807, 2.05) is 0 Å². The highest BCUT2D eigenvalue weighted by Gasteiger charge is 2.28. The predicted octanol–water partition coefficient (Wildman–Crippen LogP) is 0.292. The van der Waals surface area contributed by atoms with Gasteiger partial charge < -0.3 is 5.32 Å². The second-order valence-electron chi connectivity index (χ2n) is 3.63. The molecule has 0 radical (unpaired) electrons. The molecule has 2 aliphatic heterocycles. The summed E-state index contributed by atoms with van der Waals surface area (Å²) in [6.07, 6.45) is 4.20. The third-order valence-corrected chi connectivity index (χ3v) is 2.61. The molecule has 2 saturated heterocycles. The van der Waals surface area contributed by atoms with Gasteiger partial charge in [0.05, 0.1) is 12.6 Å². The molecule has 13 heavy (non-hydrogen) atoms. The highest BCUT2D eigenvalue weighted by molar-refractivity contribution is 5.81. The van der Waals surface area contributed by atoms with Gasteiger partial charge in [0, 0.05) is 6.54 Å². The van der Waals surface area contributed by atoms with E-state index in [-0.39, 0.29) is 11.9 Å². The largest absolute Gasteiger partial charge is 0.306 e. The molecular weight excluding hydrogens is 168 g/mol. The molecule has 74 valence electrons. The molecule has 1 amide bonds. The van der Waals surface area contributed by atoms with Crippen molar-refractivity contribution < 1.29 is 9.63 Å². The van der Waals surface area contributed by atoms with E-state index < -0.39 is 0 Å². The molecule has 2 aliphatic rings. The van der Waals surface area contributed by atoms with Gasteiger partial charge in [-0.2, -0.15) is 0 Å². The molecule has 4 heteroatoms. The first kappa shape index (κ1) is 8.97. The number of hydrogen-bond acceptors (Lipinski definition) is 3. The number of carbonyl (C=O) groups excluding carboxylic acids is 1. The molecule has 2 rings (SSSR count). The van der Waals surface area contributed by atoms with E-state index in [1.54, 1.807) is 0 Å². The summed E-state index contributed by atoms with van der Waals surface area (Å²) in [4.78, 5) is 17.0. The molecule has 0 aliphatic carbocycles. The zero-order valence-corrected chi connectivity index (χ0v) is 7.79. The van der Waals surface area contributed by atoms with E-state index in [9.17, 15) is 4.79 Å². The van der Waals surface area contributed by atoms with Crippen molar-refractivity contribution in [1.82, 2.24) is 10.4 Å². The normalized spacial score (nSPS) is 29.2. The second kappa shape index (κ2) is 4.07. The predicted molar refractivity (Wildman–Crippen MR) is 47.9 cm³/mol. The lowest BCUT2D eigenvalue weighted by molar-refractivity contribution is -0.198. The van der Waals surface area contributed by atoms with Crippen molar-refractivity contribution in [3.63, 3.8) is 0 Å². The molecule has 4 nitrogen and oxygen atoms in total. The van der Waals surface area contributed by atoms with E-state index in [2.05, 4.69) is 5.32 Å². The third kappa shape index (κ3) is 2.00. The Labute approximate surface area is 78.2 Å². The average molecular weight is 184 g/mol.